The molecule has 0 N–H and O–H groups in total. The van der Waals surface area contributed by atoms with Crippen LogP contribution in [0, 0.1) is 0 Å². The number of allylic oxidation sites excluding steroid dienone is 2. The second-order valence-corrected chi connectivity index (χ2v) is 19.7. The van der Waals surface area contributed by atoms with E-state index < -0.39 is 0 Å². The smallest absolute Gasteiger partial charge is 0.0560 e. The fraction of sp³-hybridized carbons (Fsp3) is 0.0278. The summed E-state index contributed by atoms with van der Waals surface area (Å²) in [6.07, 6.45) is 7.99. The van der Waals surface area contributed by atoms with Gasteiger partial charge < -0.3 is 18.9 Å². The highest BCUT2D eigenvalue weighted by atomic mass is 15.2. The van der Waals surface area contributed by atoms with Gasteiger partial charge in [-0.15, -0.1) is 0 Å². The van der Waals surface area contributed by atoms with Gasteiger partial charge in [0.15, 0.2) is 0 Å². The van der Waals surface area contributed by atoms with Crippen LogP contribution in [0.1, 0.15) is 12.0 Å². The molecular weight excluding hydrogens is 921 g/mol. The topological polar surface area (TPSA) is 16.3 Å². The molecule has 14 rings (SSSR count). The van der Waals surface area contributed by atoms with Crippen molar-refractivity contribution in [2.24, 2.45) is 0 Å². The number of anilines is 5. The summed E-state index contributed by atoms with van der Waals surface area (Å²) >= 11 is 0. The molecule has 1 atom stereocenters. The first-order chi connectivity index (χ1) is 37.7. The minimum Gasteiger partial charge on any atom is -0.334 e. The van der Waals surface area contributed by atoms with Gasteiger partial charge >= 0.3 is 0 Å². The van der Waals surface area contributed by atoms with Crippen molar-refractivity contribution < 1.29 is 0 Å². The monoisotopic (exact) mass is 972 g/mol. The van der Waals surface area contributed by atoms with Gasteiger partial charge in [-0.1, -0.05) is 188 Å². The Morgan fingerprint density at radius 3 is 1.28 bits per heavy atom. The van der Waals surface area contributed by atoms with Gasteiger partial charge in [0.2, 0.25) is 0 Å². The van der Waals surface area contributed by atoms with Gasteiger partial charge in [-0.3, -0.25) is 0 Å². The molecule has 0 radical (unpaired) electrons. The zero-order chi connectivity index (χ0) is 50.4. The van der Waals surface area contributed by atoms with Crippen molar-refractivity contribution in [1.29, 1.82) is 0 Å². The van der Waals surface area contributed by atoms with Crippen molar-refractivity contribution in [3.8, 4) is 33.6 Å². The van der Waals surface area contributed by atoms with Gasteiger partial charge in [-0.05, 0) is 149 Å². The molecule has 13 aromatic rings. The van der Waals surface area contributed by atoms with Crippen molar-refractivity contribution >= 4 is 77.6 Å². The highest BCUT2D eigenvalue weighted by Gasteiger charge is 2.24. The summed E-state index contributed by atoms with van der Waals surface area (Å²) in [5.41, 5.74) is 19.8. The molecule has 1 aliphatic rings. The van der Waals surface area contributed by atoms with Gasteiger partial charge in [0.25, 0.3) is 0 Å². The standard InChI is InChI=1S/C72H52N4/c1-5-19-51(20-6-1)55-23-17-29-61(47-55)73(63-43-45-71-67(49-63)65-31-13-15-33-69(65)75(71)57-25-9-3-10-26-57)59-39-35-53(36-40-59)54-37-41-60(42-38-54)74(62-30-18-24-56(48-62)52-21-7-2-8-22-52)64-44-46-72-68(50-64)66-32-14-16-34-70(66)76(72)58-27-11-4-12-28-58/h1-41,43-50,60H,42H2. The second-order valence-electron chi connectivity index (χ2n) is 19.7. The molecule has 0 saturated heterocycles. The average Bonchev–Trinajstić information content (AvgIpc) is 4.05. The first kappa shape index (κ1) is 44.8. The summed E-state index contributed by atoms with van der Waals surface area (Å²) in [7, 11) is 0. The third-order valence-electron chi connectivity index (χ3n) is 15.2. The van der Waals surface area contributed by atoms with E-state index in [2.05, 4.69) is 316 Å². The maximum Gasteiger partial charge on any atom is 0.0560 e. The van der Waals surface area contributed by atoms with Crippen LogP contribution in [-0.4, -0.2) is 15.2 Å². The molecule has 76 heavy (non-hydrogen) atoms. The molecule has 0 bridgehead atoms. The Kier molecular flexibility index (Phi) is 11.3. The molecule has 2 aromatic heterocycles. The fourth-order valence-corrected chi connectivity index (χ4v) is 11.6. The molecule has 1 unspecified atom stereocenters. The number of hydrogen-bond donors (Lipinski definition) is 0. The third kappa shape index (κ3) is 8.05. The predicted molar refractivity (Wildman–Crippen MR) is 321 cm³/mol. The molecule has 4 heteroatoms. The van der Waals surface area contributed by atoms with Crippen LogP contribution in [0.3, 0.4) is 0 Å². The fourth-order valence-electron chi connectivity index (χ4n) is 11.6. The maximum atomic E-state index is 2.53. The van der Waals surface area contributed by atoms with Crippen molar-refractivity contribution in [3.63, 3.8) is 0 Å². The van der Waals surface area contributed by atoms with Crippen LogP contribution in [0.4, 0.5) is 28.4 Å². The summed E-state index contributed by atoms with van der Waals surface area (Å²) in [4.78, 5) is 4.93. The zero-order valence-electron chi connectivity index (χ0n) is 41.9. The van der Waals surface area contributed by atoms with Crippen LogP contribution in [-0.2, 0) is 0 Å². The Balaban J connectivity index is 0.832. The van der Waals surface area contributed by atoms with Gasteiger partial charge in [-0.25, -0.2) is 0 Å². The number of nitrogens with zero attached hydrogens (tertiary/aromatic N) is 4. The van der Waals surface area contributed by atoms with E-state index in [4.69, 9.17) is 0 Å². The van der Waals surface area contributed by atoms with Crippen LogP contribution < -0.4 is 9.80 Å². The minimum atomic E-state index is 0.0732. The minimum absolute atomic E-state index is 0.0732. The number of aromatic nitrogens is 2. The summed E-state index contributed by atoms with van der Waals surface area (Å²) in [5, 5.41) is 4.91. The quantitative estimate of drug-likeness (QED) is 0.128. The highest BCUT2D eigenvalue weighted by molar-refractivity contribution is 6.12. The summed E-state index contributed by atoms with van der Waals surface area (Å²) < 4.78 is 4.77. The molecule has 0 amide bonds. The van der Waals surface area contributed by atoms with Gasteiger partial charge in [0.1, 0.15) is 0 Å². The van der Waals surface area contributed by atoms with Crippen LogP contribution in [0.2, 0.25) is 0 Å². The Hall–Kier alpha value is -9.90. The van der Waals surface area contributed by atoms with Crippen LogP contribution in [0.5, 0.6) is 0 Å². The van der Waals surface area contributed by atoms with Crippen molar-refractivity contribution in [1.82, 2.24) is 9.13 Å². The molecule has 0 aliphatic heterocycles. The van der Waals surface area contributed by atoms with Gasteiger partial charge in [-0.2, -0.15) is 0 Å². The van der Waals surface area contributed by atoms with Crippen LogP contribution >= 0.6 is 0 Å². The van der Waals surface area contributed by atoms with Gasteiger partial charge in [0, 0.05) is 61.4 Å². The SMILES string of the molecule is C1=CC(N(c2cccc(-c3ccccc3)c2)c2ccc3c(c2)c2ccccc2n3-c2ccccc2)CC=C1c1ccc(N(c2cccc(-c3ccccc3)c2)c2ccc3c(c2)c2ccccc2n3-c2ccccc2)cc1. The Bertz CT molecular complexity index is 4300. The molecule has 11 aromatic carbocycles. The lowest BCUT2D eigenvalue weighted by molar-refractivity contribution is 0.787. The number of hydrogen-bond acceptors (Lipinski definition) is 2. The molecule has 0 spiro atoms. The van der Waals surface area contributed by atoms with E-state index in [0.717, 1.165) is 46.2 Å². The van der Waals surface area contributed by atoms with E-state index in [0.29, 0.717) is 0 Å². The normalized spacial score (nSPS) is 13.4. The largest absolute Gasteiger partial charge is 0.334 e. The lowest BCUT2D eigenvalue weighted by atomic mass is 9.95. The Labute approximate surface area is 443 Å². The van der Waals surface area contributed by atoms with Crippen LogP contribution in [0.15, 0.2) is 297 Å². The summed E-state index contributed by atoms with van der Waals surface area (Å²) in [6, 6.07) is 101. The number of benzene rings is 11. The second kappa shape index (κ2) is 19.2. The van der Waals surface area contributed by atoms with E-state index in [9.17, 15) is 0 Å². The molecule has 0 fully saturated rings. The lowest BCUT2D eigenvalue weighted by Crippen LogP contribution is -2.30. The Morgan fingerprint density at radius 1 is 0.303 bits per heavy atom. The Morgan fingerprint density at radius 2 is 0.724 bits per heavy atom. The number of rotatable bonds is 11. The summed E-state index contributed by atoms with van der Waals surface area (Å²) in [5.74, 6) is 0. The average molecular weight is 973 g/mol. The first-order valence-electron chi connectivity index (χ1n) is 26.3. The molecule has 360 valence electrons. The van der Waals surface area contributed by atoms with E-state index in [1.165, 1.54) is 77.0 Å². The zero-order valence-corrected chi connectivity index (χ0v) is 41.9. The lowest BCUT2D eigenvalue weighted by Gasteiger charge is -2.34. The molecule has 1 aliphatic carbocycles. The van der Waals surface area contributed by atoms with E-state index in [1.807, 2.05) is 0 Å². The summed E-state index contributed by atoms with van der Waals surface area (Å²) in [6.45, 7) is 0. The van der Waals surface area contributed by atoms with E-state index in [-0.39, 0.29) is 6.04 Å². The van der Waals surface area contributed by atoms with E-state index in [1.54, 1.807) is 0 Å². The molecule has 4 nitrogen and oxygen atoms in total. The predicted octanol–water partition coefficient (Wildman–Crippen LogP) is 19.2. The van der Waals surface area contributed by atoms with Crippen molar-refractivity contribution in [2.75, 3.05) is 9.80 Å². The van der Waals surface area contributed by atoms with E-state index >= 15 is 0 Å². The van der Waals surface area contributed by atoms with Crippen LogP contribution in [0.25, 0.3) is 82.8 Å². The third-order valence-corrected chi connectivity index (χ3v) is 15.2. The molecule has 2 heterocycles. The number of para-hydroxylation sites is 4. The first-order valence-corrected chi connectivity index (χ1v) is 26.3. The molecule has 0 saturated carbocycles. The van der Waals surface area contributed by atoms with Crippen molar-refractivity contribution in [3.05, 3.63) is 303 Å². The number of fused-ring (bicyclic) bond motifs is 6. The van der Waals surface area contributed by atoms with Gasteiger partial charge in [0.05, 0.1) is 28.1 Å². The highest BCUT2D eigenvalue weighted by Crippen LogP contribution is 2.43. The maximum absolute atomic E-state index is 2.53. The van der Waals surface area contributed by atoms with Crippen molar-refractivity contribution in [2.45, 2.75) is 12.5 Å². The molecular formula is C72H52N4.